The first-order valence-corrected chi connectivity index (χ1v) is 9.83. The maximum Gasteiger partial charge on any atom is 0.202 e. The molecule has 5 saturated carbocycles. The number of rotatable bonds is 0. The predicted octanol–water partition coefficient (Wildman–Crippen LogP) is 4.02. The van der Waals surface area contributed by atoms with Crippen molar-refractivity contribution in [2.75, 3.05) is 0 Å². The Kier molecular flexibility index (Phi) is 3.07. The minimum Gasteiger partial charge on any atom is -0.291 e. The molecule has 0 aromatic heterocycles. The number of carbonyl (C=O) groups is 2. The van der Waals surface area contributed by atoms with Crippen molar-refractivity contribution >= 4 is 11.6 Å². The largest absolute Gasteiger partial charge is 0.291 e. The number of carbonyl (C=O) groups excluding carboxylic acids is 2. The van der Waals surface area contributed by atoms with E-state index in [1.165, 1.54) is 51.4 Å². The Morgan fingerprint density at radius 3 is 2.27 bits per heavy atom. The highest BCUT2D eigenvalue weighted by Crippen LogP contribution is 2.61. The predicted molar refractivity (Wildman–Crippen MR) is 84.1 cm³/mol. The van der Waals surface area contributed by atoms with Gasteiger partial charge in [-0.3, -0.25) is 9.59 Å². The van der Waals surface area contributed by atoms with Crippen LogP contribution in [0.5, 0.6) is 0 Å². The molecule has 8 unspecified atom stereocenters. The van der Waals surface area contributed by atoms with E-state index in [0.29, 0.717) is 11.8 Å². The molecule has 0 aromatic rings. The molecule has 5 rings (SSSR count). The molecule has 5 aliphatic carbocycles. The van der Waals surface area contributed by atoms with Crippen LogP contribution in [0, 0.1) is 47.3 Å². The zero-order valence-electron chi connectivity index (χ0n) is 13.5. The smallest absolute Gasteiger partial charge is 0.202 e. The van der Waals surface area contributed by atoms with Gasteiger partial charge in [0.25, 0.3) is 0 Å². The molecule has 0 heterocycles. The van der Waals surface area contributed by atoms with Gasteiger partial charge in [-0.05, 0) is 74.0 Å². The zero-order valence-corrected chi connectivity index (χ0v) is 13.5. The van der Waals surface area contributed by atoms with E-state index in [-0.39, 0.29) is 23.4 Å². The van der Waals surface area contributed by atoms with Gasteiger partial charge in [-0.1, -0.05) is 25.7 Å². The van der Waals surface area contributed by atoms with Gasteiger partial charge in [0.15, 0.2) is 0 Å². The SMILES string of the molecule is O=C1C(=O)C2CC3C4CCCCC4CCC3C3CCCC1C23. The average molecular weight is 300 g/mol. The third kappa shape index (κ3) is 1.73. The van der Waals surface area contributed by atoms with Crippen LogP contribution in [0.1, 0.15) is 64.2 Å². The van der Waals surface area contributed by atoms with E-state index in [2.05, 4.69) is 0 Å². The van der Waals surface area contributed by atoms with Crippen LogP contribution in [0.15, 0.2) is 0 Å². The molecule has 0 aliphatic heterocycles. The second-order valence-corrected chi connectivity index (χ2v) is 8.96. The fourth-order valence-corrected chi connectivity index (χ4v) is 7.72. The van der Waals surface area contributed by atoms with Gasteiger partial charge in [0.05, 0.1) is 0 Å². The van der Waals surface area contributed by atoms with Crippen LogP contribution in [-0.2, 0) is 9.59 Å². The van der Waals surface area contributed by atoms with Crippen LogP contribution in [0.4, 0.5) is 0 Å². The monoisotopic (exact) mass is 300 g/mol. The Morgan fingerprint density at radius 1 is 0.591 bits per heavy atom. The summed E-state index contributed by atoms with van der Waals surface area (Å²) < 4.78 is 0. The number of ketones is 2. The van der Waals surface area contributed by atoms with Crippen molar-refractivity contribution < 1.29 is 9.59 Å². The lowest BCUT2D eigenvalue weighted by molar-refractivity contribution is -0.137. The summed E-state index contributed by atoms with van der Waals surface area (Å²) in [7, 11) is 0. The van der Waals surface area contributed by atoms with E-state index >= 15 is 0 Å². The standard InChI is InChI=1S/C20H28O2/c21-19-15-7-3-6-14-13-9-8-11-4-1-2-5-12(11)16(13)10-17(18(14)15)20(19)22/h11-18H,1-10H2. The third-order valence-electron chi connectivity index (χ3n) is 8.41. The van der Waals surface area contributed by atoms with Crippen molar-refractivity contribution in [2.24, 2.45) is 47.3 Å². The normalized spacial score (nSPS) is 53.6. The molecule has 2 heteroatoms. The molecule has 5 fully saturated rings. The summed E-state index contributed by atoms with van der Waals surface area (Å²) in [5.74, 6) is 4.94. The molecule has 120 valence electrons. The molecule has 2 nitrogen and oxygen atoms in total. The molecule has 5 aliphatic rings. The molecule has 0 saturated heterocycles. The van der Waals surface area contributed by atoms with Gasteiger partial charge in [-0.2, -0.15) is 0 Å². The lowest BCUT2D eigenvalue weighted by Crippen LogP contribution is -2.49. The van der Waals surface area contributed by atoms with Crippen molar-refractivity contribution in [3.8, 4) is 0 Å². The summed E-state index contributed by atoms with van der Waals surface area (Å²) in [6.45, 7) is 0. The molecule has 22 heavy (non-hydrogen) atoms. The maximum atomic E-state index is 12.6. The van der Waals surface area contributed by atoms with Crippen molar-refractivity contribution in [1.29, 1.82) is 0 Å². The molecule has 8 atom stereocenters. The van der Waals surface area contributed by atoms with E-state index in [4.69, 9.17) is 0 Å². The molecule has 0 spiro atoms. The second kappa shape index (κ2) is 4.92. The van der Waals surface area contributed by atoms with Gasteiger partial charge < -0.3 is 0 Å². The summed E-state index contributed by atoms with van der Waals surface area (Å²) in [6.07, 6.45) is 13.1. The van der Waals surface area contributed by atoms with Crippen LogP contribution in [-0.4, -0.2) is 11.6 Å². The summed E-state index contributed by atoms with van der Waals surface area (Å²) >= 11 is 0. The first-order valence-electron chi connectivity index (χ1n) is 9.83. The van der Waals surface area contributed by atoms with Gasteiger partial charge in [0.2, 0.25) is 11.6 Å². The van der Waals surface area contributed by atoms with Gasteiger partial charge in [0, 0.05) is 11.8 Å². The topological polar surface area (TPSA) is 34.1 Å². The Balaban J connectivity index is 1.50. The summed E-state index contributed by atoms with van der Waals surface area (Å²) in [5, 5.41) is 0. The van der Waals surface area contributed by atoms with Gasteiger partial charge in [-0.25, -0.2) is 0 Å². The number of hydrogen-bond donors (Lipinski definition) is 0. The number of hydrogen-bond acceptors (Lipinski definition) is 2. The van der Waals surface area contributed by atoms with Crippen molar-refractivity contribution in [2.45, 2.75) is 64.2 Å². The van der Waals surface area contributed by atoms with Crippen molar-refractivity contribution in [3.63, 3.8) is 0 Å². The summed E-state index contributed by atoms with van der Waals surface area (Å²) in [4.78, 5) is 25.0. The Morgan fingerprint density at radius 2 is 1.36 bits per heavy atom. The van der Waals surface area contributed by atoms with E-state index in [1.807, 2.05) is 0 Å². The molecule has 0 bridgehead atoms. The summed E-state index contributed by atoms with van der Waals surface area (Å²) in [5.41, 5.74) is 0. The van der Waals surface area contributed by atoms with Crippen molar-refractivity contribution in [3.05, 3.63) is 0 Å². The van der Waals surface area contributed by atoms with Crippen molar-refractivity contribution in [1.82, 2.24) is 0 Å². The van der Waals surface area contributed by atoms with Crippen LogP contribution >= 0.6 is 0 Å². The Hall–Kier alpha value is -0.660. The molecular weight excluding hydrogens is 272 g/mol. The fraction of sp³-hybridized carbons (Fsp3) is 0.900. The molecule has 0 aromatic carbocycles. The second-order valence-electron chi connectivity index (χ2n) is 8.96. The minimum absolute atomic E-state index is 0.0264. The highest BCUT2D eigenvalue weighted by atomic mass is 16.2. The van der Waals surface area contributed by atoms with Gasteiger partial charge in [0.1, 0.15) is 0 Å². The Bertz CT molecular complexity index is 510. The quantitative estimate of drug-likeness (QED) is 0.633. The van der Waals surface area contributed by atoms with E-state index in [0.717, 1.165) is 36.5 Å². The first-order chi connectivity index (χ1) is 10.8. The number of fused-ring (bicyclic) bond motifs is 4. The van der Waals surface area contributed by atoms with Crippen LogP contribution in [0.3, 0.4) is 0 Å². The van der Waals surface area contributed by atoms with Crippen LogP contribution < -0.4 is 0 Å². The Labute approximate surface area is 133 Å². The number of Topliss-reactive ketones (excluding diaryl/α,β-unsaturated/α-hetero) is 2. The van der Waals surface area contributed by atoms with Gasteiger partial charge >= 0.3 is 0 Å². The first kappa shape index (κ1) is 13.7. The zero-order chi connectivity index (χ0) is 14.8. The third-order valence-corrected chi connectivity index (χ3v) is 8.41. The van der Waals surface area contributed by atoms with E-state index in [1.54, 1.807) is 0 Å². The fourth-order valence-electron chi connectivity index (χ4n) is 7.72. The maximum absolute atomic E-state index is 12.6. The lowest BCUT2D eigenvalue weighted by atomic mass is 9.49. The highest BCUT2D eigenvalue weighted by molar-refractivity contribution is 6.41. The van der Waals surface area contributed by atoms with E-state index in [9.17, 15) is 9.59 Å². The van der Waals surface area contributed by atoms with E-state index < -0.39 is 0 Å². The molecule has 0 amide bonds. The van der Waals surface area contributed by atoms with Gasteiger partial charge in [-0.15, -0.1) is 0 Å². The molecule has 0 radical (unpaired) electrons. The molecular formula is C20H28O2. The van der Waals surface area contributed by atoms with Crippen LogP contribution in [0.2, 0.25) is 0 Å². The highest BCUT2D eigenvalue weighted by Gasteiger charge is 2.60. The minimum atomic E-state index is 0.0264. The summed E-state index contributed by atoms with van der Waals surface area (Å²) in [6, 6.07) is 0. The molecule has 0 N–H and O–H groups in total. The lowest BCUT2D eigenvalue weighted by Gasteiger charge is -2.55. The van der Waals surface area contributed by atoms with Crippen LogP contribution in [0.25, 0.3) is 0 Å². The average Bonchev–Trinajstić information content (AvgIpc) is 2.81.